The predicted molar refractivity (Wildman–Crippen MR) is 84.9 cm³/mol. The quantitative estimate of drug-likeness (QED) is 0.906. The summed E-state index contributed by atoms with van der Waals surface area (Å²) in [4.78, 5) is 2.53. The molecule has 0 saturated carbocycles. The van der Waals surface area contributed by atoms with Crippen molar-refractivity contribution in [2.24, 2.45) is 0 Å². The molecule has 0 aliphatic carbocycles. The zero-order valence-corrected chi connectivity index (χ0v) is 13.8. The summed E-state index contributed by atoms with van der Waals surface area (Å²) in [6.07, 6.45) is -0.0279. The van der Waals surface area contributed by atoms with Crippen LogP contribution in [0.1, 0.15) is 15.8 Å². The summed E-state index contributed by atoms with van der Waals surface area (Å²) < 4.78 is 13.0. The molecule has 20 heavy (non-hydrogen) atoms. The first-order chi connectivity index (χ1) is 9.69. The largest absolute Gasteiger partial charge is 0.486 e. The lowest BCUT2D eigenvalue weighted by atomic mass is 10.1. The zero-order valence-electron chi connectivity index (χ0n) is 11.4. The Morgan fingerprint density at radius 2 is 2.10 bits per heavy atom. The van der Waals surface area contributed by atoms with E-state index in [0.717, 1.165) is 16.0 Å². The van der Waals surface area contributed by atoms with Gasteiger partial charge in [-0.2, -0.15) is 0 Å². The Labute approximate surface area is 131 Å². The summed E-state index contributed by atoms with van der Waals surface area (Å²) in [7, 11) is 1.96. The molecular weight excluding hydrogens is 338 g/mol. The fraction of sp³-hybridized carbons (Fsp3) is 0.333. The Morgan fingerprint density at radius 3 is 2.75 bits per heavy atom. The molecule has 0 saturated heterocycles. The van der Waals surface area contributed by atoms with Crippen LogP contribution >= 0.6 is 27.3 Å². The Morgan fingerprint density at radius 1 is 1.35 bits per heavy atom. The van der Waals surface area contributed by atoms with Crippen LogP contribution < -0.4 is 14.8 Å². The van der Waals surface area contributed by atoms with E-state index in [2.05, 4.69) is 34.2 Å². The number of benzene rings is 1. The third-order valence-corrected chi connectivity index (χ3v) is 5.62. The molecule has 1 aromatic heterocycles. The van der Waals surface area contributed by atoms with Crippen LogP contribution in [0.15, 0.2) is 34.8 Å². The minimum Gasteiger partial charge on any atom is -0.486 e. The van der Waals surface area contributed by atoms with Crippen molar-refractivity contribution in [3.8, 4) is 11.5 Å². The van der Waals surface area contributed by atoms with Gasteiger partial charge in [0.2, 0.25) is 0 Å². The molecule has 2 aromatic rings. The van der Waals surface area contributed by atoms with Gasteiger partial charge < -0.3 is 14.8 Å². The van der Waals surface area contributed by atoms with Gasteiger partial charge in [-0.25, -0.2) is 0 Å². The van der Waals surface area contributed by atoms with Crippen molar-refractivity contribution >= 4 is 27.3 Å². The molecule has 1 aliphatic heterocycles. The topological polar surface area (TPSA) is 30.5 Å². The van der Waals surface area contributed by atoms with E-state index >= 15 is 0 Å². The Balaban J connectivity index is 1.85. The third-order valence-electron chi connectivity index (χ3n) is 3.40. The Hall–Kier alpha value is -1.04. The van der Waals surface area contributed by atoms with E-state index in [0.29, 0.717) is 6.61 Å². The summed E-state index contributed by atoms with van der Waals surface area (Å²) in [5.41, 5.74) is 0. The lowest BCUT2D eigenvalue weighted by molar-refractivity contribution is 0.0647. The summed E-state index contributed by atoms with van der Waals surface area (Å²) in [5.74, 6) is 1.64. The number of halogens is 1. The van der Waals surface area contributed by atoms with Gasteiger partial charge in [-0.3, -0.25) is 0 Å². The first-order valence-corrected chi connectivity index (χ1v) is 8.11. The van der Waals surface area contributed by atoms with Crippen LogP contribution in [-0.2, 0) is 0 Å². The standard InChI is InChI=1S/C15H16BrNO2S/c1-9-10(16)7-14(20-9)15(17-2)13-8-18-11-5-3-4-6-12(11)19-13/h3-7,13,15,17H,8H2,1-2H3. The van der Waals surface area contributed by atoms with Gasteiger partial charge in [0, 0.05) is 14.2 Å². The van der Waals surface area contributed by atoms with Gasteiger partial charge in [-0.05, 0) is 48.1 Å². The molecule has 1 aliphatic rings. The molecule has 0 radical (unpaired) electrons. The van der Waals surface area contributed by atoms with Gasteiger partial charge in [0.15, 0.2) is 17.6 Å². The summed E-state index contributed by atoms with van der Waals surface area (Å²) >= 11 is 5.35. The van der Waals surface area contributed by atoms with Crippen molar-refractivity contribution in [1.29, 1.82) is 0 Å². The van der Waals surface area contributed by atoms with Gasteiger partial charge in [0.1, 0.15) is 6.61 Å². The van der Waals surface area contributed by atoms with E-state index in [4.69, 9.17) is 9.47 Å². The zero-order chi connectivity index (χ0) is 14.1. The van der Waals surface area contributed by atoms with E-state index in [-0.39, 0.29) is 12.1 Å². The lowest BCUT2D eigenvalue weighted by Gasteiger charge is -2.31. The van der Waals surface area contributed by atoms with Gasteiger partial charge in [-0.15, -0.1) is 11.3 Å². The molecule has 1 N–H and O–H groups in total. The predicted octanol–water partition coefficient (Wildman–Crippen LogP) is 3.92. The smallest absolute Gasteiger partial charge is 0.161 e. The molecule has 0 amide bonds. The molecule has 0 bridgehead atoms. The third kappa shape index (κ3) is 2.57. The van der Waals surface area contributed by atoms with Crippen LogP contribution in [0.2, 0.25) is 0 Å². The summed E-state index contributed by atoms with van der Waals surface area (Å²) in [6, 6.07) is 10.1. The number of rotatable bonds is 3. The van der Waals surface area contributed by atoms with E-state index < -0.39 is 0 Å². The molecule has 2 unspecified atom stereocenters. The number of fused-ring (bicyclic) bond motifs is 1. The minimum absolute atomic E-state index is 0.0279. The van der Waals surface area contributed by atoms with E-state index in [9.17, 15) is 0 Å². The monoisotopic (exact) mass is 353 g/mol. The summed E-state index contributed by atoms with van der Waals surface area (Å²) in [6.45, 7) is 2.66. The number of likely N-dealkylation sites (N-methyl/N-ethyl adjacent to an activating group) is 1. The van der Waals surface area contributed by atoms with Crippen LogP contribution in [0.4, 0.5) is 0 Å². The van der Waals surface area contributed by atoms with Crippen molar-refractivity contribution in [3.05, 3.63) is 44.6 Å². The van der Waals surface area contributed by atoms with Crippen molar-refractivity contribution < 1.29 is 9.47 Å². The van der Waals surface area contributed by atoms with Crippen LogP contribution in [0.3, 0.4) is 0 Å². The van der Waals surface area contributed by atoms with E-state index in [1.54, 1.807) is 11.3 Å². The number of ether oxygens (including phenoxy) is 2. The van der Waals surface area contributed by atoms with Gasteiger partial charge >= 0.3 is 0 Å². The lowest BCUT2D eigenvalue weighted by Crippen LogP contribution is -2.40. The molecule has 1 aromatic carbocycles. The van der Waals surface area contributed by atoms with Gasteiger partial charge in [0.05, 0.1) is 6.04 Å². The normalized spacial score (nSPS) is 18.9. The first-order valence-electron chi connectivity index (χ1n) is 6.50. The highest BCUT2D eigenvalue weighted by atomic mass is 79.9. The summed E-state index contributed by atoms with van der Waals surface area (Å²) in [5, 5.41) is 3.34. The fourth-order valence-corrected chi connectivity index (χ4v) is 4.07. The van der Waals surface area contributed by atoms with Crippen molar-refractivity contribution in [2.45, 2.75) is 19.1 Å². The Kier molecular flexibility index (Phi) is 4.01. The van der Waals surface area contributed by atoms with Crippen molar-refractivity contribution in [3.63, 3.8) is 0 Å². The van der Waals surface area contributed by atoms with E-state index in [1.165, 1.54) is 9.75 Å². The average Bonchev–Trinajstić information content (AvgIpc) is 2.79. The van der Waals surface area contributed by atoms with Gasteiger partial charge in [-0.1, -0.05) is 12.1 Å². The second kappa shape index (κ2) is 5.76. The molecule has 3 nitrogen and oxygen atoms in total. The van der Waals surface area contributed by atoms with Crippen LogP contribution in [0.5, 0.6) is 11.5 Å². The molecule has 106 valence electrons. The SMILES string of the molecule is CNC(c1cc(Br)c(C)s1)C1COc2ccccc2O1. The number of nitrogens with one attached hydrogen (secondary N) is 1. The number of hydrogen-bond donors (Lipinski definition) is 1. The molecule has 2 atom stereocenters. The molecular formula is C15H16BrNO2S. The molecule has 5 heteroatoms. The van der Waals surface area contributed by atoms with Crippen molar-refractivity contribution in [2.75, 3.05) is 13.7 Å². The number of aryl methyl sites for hydroxylation is 1. The minimum atomic E-state index is -0.0279. The molecule has 3 rings (SSSR count). The highest BCUT2D eigenvalue weighted by Gasteiger charge is 2.30. The van der Waals surface area contributed by atoms with E-state index in [1.807, 2.05) is 31.3 Å². The maximum absolute atomic E-state index is 6.09. The number of para-hydroxylation sites is 2. The maximum Gasteiger partial charge on any atom is 0.161 e. The maximum atomic E-state index is 6.09. The Bertz CT molecular complexity index is 594. The number of thiophene rings is 1. The van der Waals surface area contributed by atoms with Gasteiger partial charge in [0.25, 0.3) is 0 Å². The van der Waals surface area contributed by atoms with Crippen molar-refractivity contribution in [1.82, 2.24) is 5.32 Å². The second-order valence-corrected chi connectivity index (χ2v) is 6.88. The average molecular weight is 354 g/mol. The molecule has 0 fully saturated rings. The highest BCUT2D eigenvalue weighted by Crippen LogP contribution is 2.37. The first kappa shape index (κ1) is 13.9. The molecule has 2 heterocycles. The van der Waals surface area contributed by atoms with Crippen LogP contribution in [0, 0.1) is 6.92 Å². The van der Waals surface area contributed by atoms with Crippen LogP contribution in [-0.4, -0.2) is 19.8 Å². The highest BCUT2D eigenvalue weighted by molar-refractivity contribution is 9.10. The molecule has 0 spiro atoms. The van der Waals surface area contributed by atoms with Crippen LogP contribution in [0.25, 0.3) is 0 Å². The number of hydrogen-bond acceptors (Lipinski definition) is 4. The fourth-order valence-electron chi connectivity index (χ4n) is 2.35. The second-order valence-electron chi connectivity index (χ2n) is 4.73.